The van der Waals surface area contributed by atoms with Crippen molar-refractivity contribution >= 4 is 58.2 Å². The first-order valence-corrected chi connectivity index (χ1v) is 32.0. The van der Waals surface area contributed by atoms with Gasteiger partial charge >= 0.3 is 0 Å². The van der Waals surface area contributed by atoms with Gasteiger partial charge in [0.15, 0.2) is 22.5 Å². The zero-order valence-corrected chi connectivity index (χ0v) is 51.8. The highest BCUT2D eigenvalue weighted by Crippen LogP contribution is 2.82. The fourth-order valence-electron chi connectivity index (χ4n) is 7.51. The molecule has 0 amide bonds. The fourth-order valence-corrected chi connectivity index (χ4v) is 41.9. The van der Waals surface area contributed by atoms with Crippen LogP contribution in [-0.4, -0.2) is 287 Å². The predicted octanol–water partition coefficient (Wildman–Crippen LogP) is 8.45. The summed E-state index contributed by atoms with van der Waals surface area (Å²) in [7, 11) is 43.2. The third-order valence-electron chi connectivity index (χ3n) is 10.2. The number of nitrogens with zero attached hydrogens (tertiary/aromatic N) is 21. The largest absolute Gasteiger partial charge is 0.252 e. The summed E-state index contributed by atoms with van der Waals surface area (Å²) in [5.41, 5.74) is 0. The summed E-state index contributed by atoms with van der Waals surface area (Å²) in [6.45, 7) is 2.22. The van der Waals surface area contributed by atoms with E-state index in [1.807, 2.05) is 0 Å². The maximum absolute atomic E-state index is 6.37. The Balaban J connectivity index is 11.5. The molecule has 374 valence electrons. The molecule has 0 aliphatic heterocycles. The highest BCUT2D eigenvalue weighted by Gasteiger charge is 2.44. The van der Waals surface area contributed by atoms with Gasteiger partial charge in [0, 0.05) is 0 Å². The van der Waals surface area contributed by atoms with Crippen LogP contribution in [0, 0.1) is 0 Å². The average molecular weight is 1020 g/mol. The minimum Gasteiger partial charge on any atom is -0.252 e. The van der Waals surface area contributed by atoms with Crippen molar-refractivity contribution < 1.29 is 0 Å². The van der Waals surface area contributed by atoms with Crippen LogP contribution in [0.5, 0.6) is 0 Å². The lowest BCUT2D eigenvalue weighted by atomic mass is 10.4. The van der Waals surface area contributed by atoms with Gasteiger partial charge in [-0.2, -0.15) is 27.1 Å². The van der Waals surface area contributed by atoms with E-state index in [9.17, 15) is 0 Å². The Labute approximate surface area is 385 Å². The standard InChI is InChI=1S/C34H98N21P7/c1-32-33-34-56(35-57(41(2)3,42(4)5)38-60(47(14)15,48(16)17)49(18)19,36-58(43(6)7,44(8)9)39-61(50(20)21,51(22)23)52(24)25)37-59(45(10)11,46(12)13)40-62(53(26)27,54(28)29)55(30)31/h34H,32-33H2,1-31H3. The molecule has 0 radical (unpaired) electrons. The van der Waals surface area contributed by atoms with Crippen molar-refractivity contribution in [3.8, 4) is 0 Å². The Hall–Kier alpha value is 1.08. The van der Waals surface area contributed by atoms with E-state index < -0.39 is 52.4 Å². The van der Waals surface area contributed by atoms with Crippen LogP contribution in [-0.2, 0) is 0 Å². The minimum atomic E-state index is -3.48. The SMILES string of the molecule is CCCC=P(N=P(N=P(N(C)C)(N(C)C)N(C)C)(N(C)C)N(C)C)(N=P(N=P(N(C)C)(N(C)C)N(C)C)(N(C)C)N(C)C)N=P(N=P(N(C)C)(N(C)C)N(C)C)(N(C)C)N(C)C. The molecule has 0 aliphatic carbocycles. The lowest BCUT2D eigenvalue weighted by molar-refractivity contribution is 0.472. The molecule has 0 aromatic rings. The second-order valence-electron chi connectivity index (χ2n) is 18.1. The topological polar surface area (TPSA) is 123 Å². The van der Waals surface area contributed by atoms with E-state index in [0.29, 0.717) is 0 Å². The van der Waals surface area contributed by atoms with E-state index >= 15 is 0 Å². The lowest BCUT2D eigenvalue weighted by Gasteiger charge is -2.47. The van der Waals surface area contributed by atoms with Gasteiger partial charge in [-0.1, -0.05) is 13.3 Å². The number of rotatable bonds is 23. The van der Waals surface area contributed by atoms with E-state index in [1.54, 1.807) is 0 Å². The van der Waals surface area contributed by atoms with Crippen LogP contribution in [0.1, 0.15) is 19.8 Å². The predicted molar refractivity (Wildman–Crippen MR) is 289 cm³/mol. The van der Waals surface area contributed by atoms with E-state index in [-0.39, 0.29) is 0 Å². The second kappa shape index (κ2) is 24.6. The van der Waals surface area contributed by atoms with Crippen LogP contribution in [0.4, 0.5) is 0 Å². The van der Waals surface area contributed by atoms with Crippen molar-refractivity contribution in [3.05, 3.63) is 0 Å². The summed E-state index contributed by atoms with van der Waals surface area (Å²) in [4.78, 5) is 0. The van der Waals surface area contributed by atoms with E-state index in [2.05, 4.69) is 294 Å². The Morgan fingerprint density at radius 1 is 0.258 bits per heavy atom. The first-order chi connectivity index (χ1) is 28.0. The summed E-state index contributed by atoms with van der Waals surface area (Å²) in [5, 5.41) is 0. The van der Waals surface area contributed by atoms with E-state index in [4.69, 9.17) is 27.1 Å². The van der Waals surface area contributed by atoms with Gasteiger partial charge in [-0.15, -0.1) is 0 Å². The van der Waals surface area contributed by atoms with Crippen LogP contribution in [0.15, 0.2) is 27.1 Å². The molecule has 0 spiro atoms. The minimum absolute atomic E-state index is 0.729. The van der Waals surface area contributed by atoms with Gasteiger partial charge in [0.2, 0.25) is 29.9 Å². The van der Waals surface area contributed by atoms with Crippen LogP contribution < -0.4 is 0 Å². The Kier molecular flexibility index (Phi) is 25.0. The van der Waals surface area contributed by atoms with Crippen LogP contribution in [0.3, 0.4) is 0 Å². The molecule has 0 aromatic carbocycles. The normalized spacial score (nSPS) is 14.7. The molecular formula is C34H98N21P7. The highest BCUT2D eigenvalue weighted by molar-refractivity contribution is 7.87. The van der Waals surface area contributed by atoms with Crippen molar-refractivity contribution in [1.29, 1.82) is 0 Å². The summed E-state index contributed by atoms with van der Waals surface area (Å²) in [5.74, 6) is 2.35. The summed E-state index contributed by atoms with van der Waals surface area (Å²) < 4.78 is 71.3. The van der Waals surface area contributed by atoms with Crippen molar-refractivity contribution in [2.24, 2.45) is 27.1 Å². The lowest BCUT2D eigenvalue weighted by Crippen LogP contribution is -2.32. The average Bonchev–Trinajstić information content (AvgIpc) is 3.10. The molecule has 0 saturated heterocycles. The Bertz CT molecular complexity index is 1520. The molecule has 0 aromatic heterocycles. The number of hydrogen-bond donors (Lipinski definition) is 0. The summed E-state index contributed by atoms with van der Waals surface area (Å²) >= 11 is 0. The van der Waals surface area contributed by atoms with Gasteiger partial charge in [0.1, 0.15) is 0 Å². The zero-order chi connectivity index (χ0) is 49.5. The fraction of sp³-hybridized carbons (Fsp3) is 0.971. The molecule has 0 unspecified atom stereocenters. The number of unbranched alkanes of at least 4 members (excludes halogenated alkanes) is 1. The van der Waals surface area contributed by atoms with Crippen LogP contribution in [0.25, 0.3) is 0 Å². The van der Waals surface area contributed by atoms with Gasteiger partial charge in [-0.25, -0.2) is 28.0 Å². The van der Waals surface area contributed by atoms with Gasteiger partial charge in [0.25, 0.3) is 0 Å². The highest BCUT2D eigenvalue weighted by atomic mass is 31.3. The van der Waals surface area contributed by atoms with Crippen molar-refractivity contribution in [2.45, 2.75) is 19.8 Å². The number of hydrogen-bond acceptors (Lipinski definition) is 3. The molecular weight excluding hydrogens is 919 g/mol. The molecule has 0 aliphatic rings. The molecule has 0 rings (SSSR count). The molecule has 21 nitrogen and oxygen atoms in total. The maximum atomic E-state index is 6.37. The maximum Gasteiger partial charge on any atom is 0.219 e. The molecule has 0 heterocycles. The smallest absolute Gasteiger partial charge is 0.219 e. The Morgan fingerprint density at radius 3 is 0.532 bits per heavy atom. The van der Waals surface area contributed by atoms with Gasteiger partial charge in [-0.05, 0) is 224 Å². The Morgan fingerprint density at radius 2 is 0.419 bits per heavy atom. The molecule has 0 fully saturated rings. The van der Waals surface area contributed by atoms with Crippen molar-refractivity contribution in [3.63, 3.8) is 0 Å². The molecule has 0 N–H and O–H groups in total. The third kappa shape index (κ3) is 12.6. The second-order valence-corrected chi connectivity index (χ2v) is 42.4. The van der Waals surface area contributed by atoms with Gasteiger partial charge in [-0.3, -0.25) is 42.0 Å². The molecule has 28 heteroatoms. The quantitative estimate of drug-likeness (QED) is 0.0910. The molecule has 0 atom stereocenters. The van der Waals surface area contributed by atoms with E-state index in [0.717, 1.165) is 12.8 Å². The third-order valence-corrected chi connectivity index (χ3v) is 38.8. The van der Waals surface area contributed by atoms with Crippen LogP contribution in [0.2, 0.25) is 0 Å². The van der Waals surface area contributed by atoms with Crippen molar-refractivity contribution in [1.82, 2.24) is 70.1 Å². The molecule has 0 bridgehead atoms. The van der Waals surface area contributed by atoms with Crippen molar-refractivity contribution in [2.75, 3.05) is 211 Å². The first-order valence-electron chi connectivity index (χ1n) is 20.7. The molecule has 0 saturated carbocycles. The monoisotopic (exact) mass is 1020 g/mol. The van der Waals surface area contributed by atoms with Crippen LogP contribution >= 0.6 is 52.4 Å². The first kappa shape index (κ1) is 63.1. The van der Waals surface area contributed by atoms with E-state index in [1.165, 1.54) is 0 Å². The zero-order valence-electron chi connectivity index (χ0n) is 45.5. The summed E-state index contributed by atoms with van der Waals surface area (Å²) in [6.07, 6.45) is 1.61. The molecule has 62 heavy (non-hydrogen) atoms. The van der Waals surface area contributed by atoms with Gasteiger partial charge < -0.3 is 0 Å². The van der Waals surface area contributed by atoms with Gasteiger partial charge in [0.05, 0.1) is 0 Å². The summed E-state index contributed by atoms with van der Waals surface area (Å²) in [6, 6.07) is 0.